The van der Waals surface area contributed by atoms with Crippen molar-refractivity contribution in [1.82, 2.24) is 9.80 Å². The standard InChI is InChI=1S/C20H28N2O4/c1-14(2)22(19(25)26-12-16-7-5-4-6-8-16)20(18(23)24)11-15(3)21(13-20)17-9-10-17/h4-8,14-15,17H,9-13H2,1-3H3,(H,23,24). The number of nitrogens with zero attached hydrogens (tertiary/aromatic N) is 2. The van der Waals surface area contributed by atoms with Gasteiger partial charge in [0.1, 0.15) is 6.61 Å². The maximum atomic E-state index is 12.9. The van der Waals surface area contributed by atoms with Crippen LogP contribution >= 0.6 is 0 Å². The fourth-order valence-corrected chi connectivity index (χ4v) is 4.12. The number of aliphatic carboxylic acids is 1. The highest BCUT2D eigenvalue weighted by molar-refractivity contribution is 5.85. The largest absolute Gasteiger partial charge is 0.479 e. The minimum atomic E-state index is -1.23. The summed E-state index contributed by atoms with van der Waals surface area (Å²) in [5, 5.41) is 10.1. The molecule has 3 rings (SSSR count). The van der Waals surface area contributed by atoms with E-state index in [9.17, 15) is 14.7 Å². The zero-order valence-corrected chi connectivity index (χ0v) is 15.7. The first-order valence-electron chi connectivity index (χ1n) is 9.34. The lowest BCUT2D eigenvalue weighted by molar-refractivity contribution is -0.151. The van der Waals surface area contributed by atoms with E-state index in [0.717, 1.165) is 18.4 Å². The third kappa shape index (κ3) is 3.56. The first-order valence-corrected chi connectivity index (χ1v) is 9.34. The van der Waals surface area contributed by atoms with Crippen LogP contribution < -0.4 is 0 Å². The Kier molecular flexibility index (Phi) is 5.23. The van der Waals surface area contributed by atoms with Gasteiger partial charge in [-0.15, -0.1) is 0 Å². The Hall–Kier alpha value is -2.08. The Morgan fingerprint density at radius 2 is 1.96 bits per heavy atom. The van der Waals surface area contributed by atoms with Gasteiger partial charge in [-0.25, -0.2) is 9.59 Å². The molecule has 2 fully saturated rings. The number of hydrogen-bond acceptors (Lipinski definition) is 4. The zero-order chi connectivity index (χ0) is 18.9. The molecule has 26 heavy (non-hydrogen) atoms. The highest BCUT2D eigenvalue weighted by atomic mass is 16.6. The number of carboxylic acid groups (broad SMARTS) is 1. The Morgan fingerprint density at radius 3 is 2.50 bits per heavy atom. The zero-order valence-electron chi connectivity index (χ0n) is 15.7. The van der Waals surface area contributed by atoms with Crippen molar-refractivity contribution in [3.05, 3.63) is 35.9 Å². The molecule has 1 amide bonds. The number of rotatable bonds is 6. The molecule has 1 saturated carbocycles. The third-order valence-electron chi connectivity index (χ3n) is 5.44. The third-order valence-corrected chi connectivity index (χ3v) is 5.44. The lowest BCUT2D eigenvalue weighted by Crippen LogP contribution is -2.61. The number of likely N-dealkylation sites (tertiary alicyclic amines) is 1. The second kappa shape index (κ2) is 7.27. The van der Waals surface area contributed by atoms with Crippen LogP contribution in [0.1, 0.15) is 45.6 Å². The van der Waals surface area contributed by atoms with E-state index < -0.39 is 17.6 Å². The van der Waals surface area contributed by atoms with Gasteiger partial charge in [0.25, 0.3) is 0 Å². The lowest BCUT2D eigenvalue weighted by atomic mass is 9.93. The molecule has 6 heteroatoms. The minimum Gasteiger partial charge on any atom is -0.479 e. The molecule has 6 nitrogen and oxygen atoms in total. The number of carbonyl (C=O) groups is 2. The minimum absolute atomic E-state index is 0.139. The summed E-state index contributed by atoms with van der Waals surface area (Å²) < 4.78 is 5.49. The van der Waals surface area contributed by atoms with Gasteiger partial charge < -0.3 is 9.84 Å². The van der Waals surface area contributed by atoms with Crippen molar-refractivity contribution < 1.29 is 19.4 Å². The predicted molar refractivity (Wildman–Crippen MR) is 97.8 cm³/mol. The van der Waals surface area contributed by atoms with Crippen LogP contribution in [0.4, 0.5) is 4.79 Å². The van der Waals surface area contributed by atoms with E-state index in [1.807, 2.05) is 44.2 Å². The molecular formula is C20H28N2O4. The Bertz CT molecular complexity index is 659. The molecule has 2 aliphatic rings. The van der Waals surface area contributed by atoms with Crippen molar-refractivity contribution in [2.75, 3.05) is 6.54 Å². The molecule has 1 heterocycles. The van der Waals surface area contributed by atoms with Gasteiger partial charge in [-0.3, -0.25) is 9.80 Å². The van der Waals surface area contributed by atoms with Crippen molar-refractivity contribution >= 4 is 12.1 Å². The molecule has 0 bridgehead atoms. The van der Waals surface area contributed by atoms with Gasteiger partial charge in [-0.2, -0.15) is 0 Å². The van der Waals surface area contributed by atoms with Crippen molar-refractivity contribution in [1.29, 1.82) is 0 Å². The molecule has 0 radical (unpaired) electrons. The predicted octanol–water partition coefficient (Wildman–Crippen LogP) is 3.11. The van der Waals surface area contributed by atoms with Gasteiger partial charge in [-0.1, -0.05) is 30.3 Å². The quantitative estimate of drug-likeness (QED) is 0.844. The molecule has 1 aliphatic carbocycles. The first-order chi connectivity index (χ1) is 12.3. The lowest BCUT2D eigenvalue weighted by Gasteiger charge is -2.39. The summed E-state index contributed by atoms with van der Waals surface area (Å²) in [6.45, 7) is 6.25. The summed E-state index contributed by atoms with van der Waals surface area (Å²) in [6.07, 6.45) is 2.09. The second-order valence-corrected chi connectivity index (χ2v) is 7.80. The Balaban J connectivity index is 1.79. The van der Waals surface area contributed by atoms with Crippen LogP contribution in [0.3, 0.4) is 0 Å². The molecule has 1 aliphatic heterocycles. The fourth-order valence-electron chi connectivity index (χ4n) is 4.12. The van der Waals surface area contributed by atoms with E-state index >= 15 is 0 Å². The molecule has 2 unspecified atom stereocenters. The van der Waals surface area contributed by atoms with Gasteiger partial charge in [0.15, 0.2) is 5.54 Å². The summed E-state index contributed by atoms with van der Waals surface area (Å²) in [6, 6.07) is 9.77. The number of hydrogen-bond donors (Lipinski definition) is 1. The Morgan fingerprint density at radius 1 is 1.31 bits per heavy atom. The van der Waals surface area contributed by atoms with E-state index in [4.69, 9.17) is 4.74 Å². The Labute approximate surface area is 154 Å². The normalized spacial score (nSPS) is 26.1. The van der Waals surface area contributed by atoms with Crippen molar-refractivity contribution in [3.8, 4) is 0 Å². The van der Waals surface area contributed by atoms with Crippen LogP contribution in [-0.2, 0) is 16.1 Å². The average molecular weight is 360 g/mol. The molecule has 0 aromatic heterocycles. The van der Waals surface area contributed by atoms with Gasteiger partial charge in [-0.05, 0) is 45.6 Å². The highest BCUT2D eigenvalue weighted by Gasteiger charge is 2.57. The summed E-state index contributed by atoms with van der Waals surface area (Å²) in [4.78, 5) is 28.9. The molecule has 1 aromatic rings. The van der Waals surface area contributed by atoms with E-state index in [1.54, 1.807) is 0 Å². The summed E-state index contributed by atoms with van der Waals surface area (Å²) in [7, 11) is 0. The van der Waals surface area contributed by atoms with E-state index in [1.165, 1.54) is 4.90 Å². The number of benzene rings is 1. The maximum absolute atomic E-state index is 12.9. The molecule has 2 atom stereocenters. The highest BCUT2D eigenvalue weighted by Crippen LogP contribution is 2.41. The van der Waals surface area contributed by atoms with E-state index in [2.05, 4.69) is 11.8 Å². The number of carboxylic acids is 1. The first kappa shape index (κ1) is 18.7. The molecular weight excluding hydrogens is 332 g/mol. The number of ether oxygens (including phenoxy) is 1. The molecule has 1 aromatic carbocycles. The second-order valence-electron chi connectivity index (χ2n) is 7.80. The van der Waals surface area contributed by atoms with Crippen molar-refractivity contribution in [2.45, 2.75) is 70.3 Å². The summed E-state index contributed by atoms with van der Waals surface area (Å²) in [5.74, 6) is -0.946. The van der Waals surface area contributed by atoms with Crippen LogP contribution in [-0.4, -0.2) is 57.2 Å². The molecule has 0 spiro atoms. The van der Waals surface area contributed by atoms with Crippen molar-refractivity contribution in [3.63, 3.8) is 0 Å². The SMILES string of the molecule is CC1CC(C(=O)O)(N(C(=O)OCc2ccccc2)C(C)C)CN1C1CC1. The van der Waals surface area contributed by atoms with Crippen LogP contribution in [0.15, 0.2) is 30.3 Å². The van der Waals surface area contributed by atoms with Gasteiger partial charge in [0, 0.05) is 24.7 Å². The van der Waals surface area contributed by atoms with E-state index in [0.29, 0.717) is 19.0 Å². The van der Waals surface area contributed by atoms with Crippen LogP contribution in [0.2, 0.25) is 0 Å². The van der Waals surface area contributed by atoms with Gasteiger partial charge in [0.05, 0.1) is 0 Å². The number of carbonyl (C=O) groups excluding carboxylic acids is 1. The van der Waals surface area contributed by atoms with E-state index in [-0.39, 0.29) is 18.7 Å². The number of amides is 1. The smallest absolute Gasteiger partial charge is 0.411 e. The van der Waals surface area contributed by atoms with Crippen LogP contribution in [0.5, 0.6) is 0 Å². The monoisotopic (exact) mass is 360 g/mol. The van der Waals surface area contributed by atoms with Crippen LogP contribution in [0.25, 0.3) is 0 Å². The molecule has 1 N–H and O–H groups in total. The average Bonchev–Trinajstić information content (AvgIpc) is 3.37. The summed E-state index contributed by atoms with van der Waals surface area (Å²) >= 11 is 0. The van der Waals surface area contributed by atoms with Gasteiger partial charge in [0.2, 0.25) is 0 Å². The fraction of sp³-hybridized carbons (Fsp3) is 0.600. The summed E-state index contributed by atoms with van der Waals surface area (Å²) in [5.41, 5.74) is -0.349. The van der Waals surface area contributed by atoms with Crippen LogP contribution in [0, 0.1) is 0 Å². The molecule has 1 saturated heterocycles. The maximum Gasteiger partial charge on any atom is 0.411 e. The topological polar surface area (TPSA) is 70.1 Å². The molecule has 142 valence electrons. The van der Waals surface area contributed by atoms with Crippen molar-refractivity contribution in [2.24, 2.45) is 0 Å². The van der Waals surface area contributed by atoms with Gasteiger partial charge >= 0.3 is 12.1 Å².